The standard InChI is InChI=1S/C13H28N2O/c1-4-8-15-9-6-13(7-10-15)14-11-12(3)16-5-2/h12-14H,4-11H2,1-3H3. The fourth-order valence-electron chi connectivity index (χ4n) is 2.35. The maximum atomic E-state index is 5.52. The Bertz CT molecular complexity index is 167. The van der Waals surface area contributed by atoms with Gasteiger partial charge in [0.05, 0.1) is 6.10 Å². The summed E-state index contributed by atoms with van der Waals surface area (Å²) in [7, 11) is 0. The van der Waals surface area contributed by atoms with Gasteiger partial charge in [0.15, 0.2) is 0 Å². The molecule has 0 aromatic carbocycles. The van der Waals surface area contributed by atoms with Crippen molar-refractivity contribution in [2.24, 2.45) is 0 Å². The monoisotopic (exact) mass is 228 g/mol. The number of piperidine rings is 1. The lowest BCUT2D eigenvalue weighted by Gasteiger charge is -2.32. The summed E-state index contributed by atoms with van der Waals surface area (Å²) in [6.07, 6.45) is 4.20. The molecule has 1 rings (SSSR count). The van der Waals surface area contributed by atoms with Crippen LogP contribution in [0.5, 0.6) is 0 Å². The van der Waals surface area contributed by atoms with E-state index in [1.54, 1.807) is 0 Å². The van der Waals surface area contributed by atoms with Gasteiger partial charge in [-0.3, -0.25) is 0 Å². The molecule has 0 saturated carbocycles. The number of hydrogen-bond donors (Lipinski definition) is 1. The van der Waals surface area contributed by atoms with Gasteiger partial charge in [0, 0.05) is 19.2 Å². The van der Waals surface area contributed by atoms with Crippen molar-refractivity contribution >= 4 is 0 Å². The SMILES string of the molecule is CCCN1CCC(NCC(C)OCC)CC1. The van der Waals surface area contributed by atoms with Crippen molar-refractivity contribution in [2.45, 2.75) is 52.2 Å². The second kappa shape index (κ2) is 8.04. The Morgan fingerprint density at radius 1 is 1.31 bits per heavy atom. The minimum absolute atomic E-state index is 0.346. The van der Waals surface area contributed by atoms with Crippen LogP contribution in [0.4, 0.5) is 0 Å². The Morgan fingerprint density at radius 3 is 2.56 bits per heavy atom. The van der Waals surface area contributed by atoms with E-state index >= 15 is 0 Å². The van der Waals surface area contributed by atoms with Crippen molar-refractivity contribution < 1.29 is 4.74 Å². The Labute approximate surface area is 101 Å². The van der Waals surface area contributed by atoms with E-state index in [1.165, 1.54) is 38.9 Å². The maximum absolute atomic E-state index is 5.52. The molecule has 1 aliphatic heterocycles. The lowest BCUT2D eigenvalue weighted by atomic mass is 10.0. The van der Waals surface area contributed by atoms with E-state index in [-0.39, 0.29) is 0 Å². The van der Waals surface area contributed by atoms with Crippen molar-refractivity contribution in [3.63, 3.8) is 0 Å². The molecule has 0 aliphatic carbocycles. The first kappa shape index (κ1) is 13.9. The van der Waals surface area contributed by atoms with Crippen LogP contribution in [0.15, 0.2) is 0 Å². The molecule has 1 N–H and O–H groups in total. The number of rotatable bonds is 7. The Kier molecular flexibility index (Phi) is 7.01. The predicted octanol–water partition coefficient (Wildman–Crippen LogP) is 1.88. The van der Waals surface area contributed by atoms with Gasteiger partial charge in [-0.05, 0) is 52.7 Å². The van der Waals surface area contributed by atoms with Gasteiger partial charge in [-0.2, -0.15) is 0 Å². The van der Waals surface area contributed by atoms with Crippen LogP contribution >= 0.6 is 0 Å². The highest BCUT2D eigenvalue weighted by atomic mass is 16.5. The molecule has 96 valence electrons. The molecule has 0 aromatic heterocycles. The smallest absolute Gasteiger partial charge is 0.0671 e. The molecule has 1 unspecified atom stereocenters. The molecule has 0 aromatic rings. The fourth-order valence-corrected chi connectivity index (χ4v) is 2.35. The summed E-state index contributed by atoms with van der Waals surface area (Å²) in [4.78, 5) is 2.57. The van der Waals surface area contributed by atoms with Gasteiger partial charge in [-0.1, -0.05) is 6.92 Å². The van der Waals surface area contributed by atoms with E-state index < -0.39 is 0 Å². The van der Waals surface area contributed by atoms with Gasteiger partial charge in [0.1, 0.15) is 0 Å². The molecule has 0 radical (unpaired) electrons. The first-order valence-corrected chi connectivity index (χ1v) is 6.83. The van der Waals surface area contributed by atoms with Gasteiger partial charge in [-0.15, -0.1) is 0 Å². The van der Waals surface area contributed by atoms with Crippen LogP contribution in [0.25, 0.3) is 0 Å². The molecule has 1 fully saturated rings. The lowest BCUT2D eigenvalue weighted by molar-refractivity contribution is 0.0709. The van der Waals surface area contributed by atoms with Crippen molar-refractivity contribution in [3.05, 3.63) is 0 Å². The summed E-state index contributed by atoms with van der Waals surface area (Å²) in [6, 6.07) is 0.705. The third kappa shape index (κ3) is 5.28. The van der Waals surface area contributed by atoms with Crippen LogP contribution < -0.4 is 5.32 Å². The van der Waals surface area contributed by atoms with Crippen LogP contribution in [-0.4, -0.2) is 49.8 Å². The summed E-state index contributed by atoms with van der Waals surface area (Å²) in [5.74, 6) is 0. The van der Waals surface area contributed by atoms with E-state index in [1.807, 2.05) is 0 Å². The molecule has 1 heterocycles. The third-order valence-corrected chi connectivity index (χ3v) is 3.27. The normalized spacial score (nSPS) is 21.2. The largest absolute Gasteiger partial charge is 0.377 e. The second-order valence-electron chi connectivity index (χ2n) is 4.79. The van der Waals surface area contributed by atoms with Crippen molar-refractivity contribution in [1.29, 1.82) is 0 Å². The van der Waals surface area contributed by atoms with Crippen molar-refractivity contribution in [3.8, 4) is 0 Å². The molecule has 0 amide bonds. The van der Waals surface area contributed by atoms with Crippen LogP contribution in [0.1, 0.15) is 40.0 Å². The molecule has 1 aliphatic rings. The number of hydrogen-bond acceptors (Lipinski definition) is 3. The van der Waals surface area contributed by atoms with E-state index in [9.17, 15) is 0 Å². The lowest BCUT2D eigenvalue weighted by Crippen LogP contribution is -2.44. The maximum Gasteiger partial charge on any atom is 0.0671 e. The topological polar surface area (TPSA) is 24.5 Å². The average molecular weight is 228 g/mol. The molecule has 0 spiro atoms. The van der Waals surface area contributed by atoms with Crippen LogP contribution in [0.2, 0.25) is 0 Å². The Hall–Kier alpha value is -0.120. The average Bonchev–Trinajstić information content (AvgIpc) is 2.29. The Balaban J connectivity index is 2.07. The predicted molar refractivity (Wildman–Crippen MR) is 68.8 cm³/mol. The minimum Gasteiger partial charge on any atom is -0.377 e. The van der Waals surface area contributed by atoms with Gasteiger partial charge >= 0.3 is 0 Å². The van der Waals surface area contributed by atoms with Gasteiger partial charge in [0.2, 0.25) is 0 Å². The van der Waals surface area contributed by atoms with E-state index in [4.69, 9.17) is 4.74 Å². The summed E-state index contributed by atoms with van der Waals surface area (Å²) < 4.78 is 5.52. The summed E-state index contributed by atoms with van der Waals surface area (Å²) in [5, 5.41) is 3.62. The van der Waals surface area contributed by atoms with Crippen molar-refractivity contribution in [2.75, 3.05) is 32.8 Å². The molecular weight excluding hydrogens is 200 g/mol. The zero-order valence-electron chi connectivity index (χ0n) is 11.2. The van der Waals surface area contributed by atoms with E-state index in [2.05, 4.69) is 31.0 Å². The molecule has 3 nitrogen and oxygen atoms in total. The number of nitrogens with one attached hydrogen (secondary N) is 1. The highest BCUT2D eigenvalue weighted by Crippen LogP contribution is 2.10. The molecule has 16 heavy (non-hydrogen) atoms. The highest BCUT2D eigenvalue weighted by molar-refractivity contribution is 4.77. The zero-order chi connectivity index (χ0) is 11.8. The molecule has 1 saturated heterocycles. The summed E-state index contributed by atoms with van der Waals surface area (Å²) >= 11 is 0. The fraction of sp³-hybridized carbons (Fsp3) is 1.00. The minimum atomic E-state index is 0.346. The molecule has 0 bridgehead atoms. The highest BCUT2D eigenvalue weighted by Gasteiger charge is 2.18. The number of nitrogens with zero attached hydrogens (tertiary/aromatic N) is 1. The van der Waals surface area contributed by atoms with E-state index in [0.29, 0.717) is 12.1 Å². The van der Waals surface area contributed by atoms with Crippen LogP contribution in [-0.2, 0) is 4.74 Å². The van der Waals surface area contributed by atoms with Gasteiger partial charge in [-0.25, -0.2) is 0 Å². The first-order valence-electron chi connectivity index (χ1n) is 6.83. The summed E-state index contributed by atoms with van der Waals surface area (Å²) in [5.41, 5.74) is 0. The second-order valence-corrected chi connectivity index (χ2v) is 4.79. The van der Waals surface area contributed by atoms with Crippen LogP contribution in [0.3, 0.4) is 0 Å². The van der Waals surface area contributed by atoms with Crippen molar-refractivity contribution in [1.82, 2.24) is 10.2 Å². The van der Waals surface area contributed by atoms with Gasteiger partial charge < -0.3 is 15.0 Å². The zero-order valence-corrected chi connectivity index (χ0v) is 11.2. The van der Waals surface area contributed by atoms with Gasteiger partial charge in [0.25, 0.3) is 0 Å². The third-order valence-electron chi connectivity index (χ3n) is 3.27. The molecule has 3 heteroatoms. The molecular formula is C13H28N2O. The quantitative estimate of drug-likeness (QED) is 0.720. The Morgan fingerprint density at radius 2 is 2.00 bits per heavy atom. The van der Waals surface area contributed by atoms with Crippen LogP contribution in [0, 0.1) is 0 Å². The summed E-state index contributed by atoms with van der Waals surface area (Å²) in [6.45, 7) is 12.0. The van der Waals surface area contributed by atoms with E-state index in [0.717, 1.165) is 13.2 Å². The number of ether oxygens (including phenoxy) is 1. The number of likely N-dealkylation sites (tertiary alicyclic amines) is 1. The molecule has 1 atom stereocenters. The first-order chi connectivity index (χ1) is 7.76.